The fraction of sp³-hybridized carbons (Fsp3) is 0.227. The van der Waals surface area contributed by atoms with Crippen LogP contribution in [0.25, 0.3) is 5.69 Å². The minimum atomic E-state index is -0.847. The summed E-state index contributed by atoms with van der Waals surface area (Å²) in [6.45, 7) is 1.44. The first kappa shape index (κ1) is 18.9. The molecule has 2 aromatic carbocycles. The highest BCUT2D eigenvalue weighted by Crippen LogP contribution is 2.24. The van der Waals surface area contributed by atoms with E-state index in [1.165, 1.54) is 41.7 Å². The molecule has 1 heterocycles. The molecule has 0 saturated heterocycles. The number of fused-ring (bicyclic) bond motifs is 1. The topological polar surface area (TPSA) is 73.1 Å². The molecule has 1 aliphatic rings. The van der Waals surface area contributed by atoms with Crippen LogP contribution in [0.2, 0.25) is 0 Å². The van der Waals surface area contributed by atoms with Crippen LogP contribution >= 0.6 is 0 Å². The fourth-order valence-corrected chi connectivity index (χ4v) is 3.67. The van der Waals surface area contributed by atoms with E-state index in [0.717, 1.165) is 28.4 Å². The molecule has 0 unspecified atom stereocenters. The van der Waals surface area contributed by atoms with Crippen LogP contribution in [0.15, 0.2) is 58.4 Å². The van der Waals surface area contributed by atoms with Crippen molar-refractivity contribution < 1.29 is 9.18 Å². The zero-order chi connectivity index (χ0) is 20.5. The molecule has 0 radical (unpaired) electrons. The first-order valence-electron chi connectivity index (χ1n) is 9.42. The van der Waals surface area contributed by atoms with E-state index < -0.39 is 22.8 Å². The van der Waals surface area contributed by atoms with Gasteiger partial charge >= 0.3 is 11.1 Å². The summed E-state index contributed by atoms with van der Waals surface area (Å²) in [4.78, 5) is 37.3. The Bertz CT molecular complexity index is 1230. The molecule has 0 fully saturated rings. The van der Waals surface area contributed by atoms with Crippen LogP contribution in [0, 0.1) is 12.7 Å². The summed E-state index contributed by atoms with van der Waals surface area (Å²) in [5.74, 6) is -0.903. The van der Waals surface area contributed by atoms with Crippen LogP contribution in [-0.2, 0) is 24.2 Å². The Hall–Kier alpha value is -3.48. The number of carbonyl (C=O) groups is 1. The highest BCUT2D eigenvalue weighted by molar-refractivity contribution is 5.90. The molecule has 0 saturated carbocycles. The maximum Gasteiger partial charge on any atom is 0.320 e. The van der Waals surface area contributed by atoms with Crippen LogP contribution in [0.1, 0.15) is 23.1 Å². The normalized spacial score (nSPS) is 12.6. The number of amides is 1. The number of halogens is 1. The van der Waals surface area contributed by atoms with E-state index in [0.29, 0.717) is 16.9 Å². The smallest absolute Gasteiger partial charge is 0.320 e. The molecule has 1 aromatic heterocycles. The van der Waals surface area contributed by atoms with Gasteiger partial charge in [-0.05, 0) is 67.1 Å². The zero-order valence-corrected chi connectivity index (χ0v) is 15.9. The van der Waals surface area contributed by atoms with Gasteiger partial charge in [0.15, 0.2) is 0 Å². The van der Waals surface area contributed by atoms with E-state index in [9.17, 15) is 18.8 Å². The van der Waals surface area contributed by atoms with Gasteiger partial charge in [-0.1, -0.05) is 12.1 Å². The number of benzene rings is 2. The fourth-order valence-electron chi connectivity index (χ4n) is 3.67. The molecule has 0 atom stereocenters. The number of rotatable bonds is 4. The molecule has 29 heavy (non-hydrogen) atoms. The van der Waals surface area contributed by atoms with Gasteiger partial charge in [-0.3, -0.25) is 23.5 Å². The molecule has 4 rings (SSSR count). The standard InChI is InChI=1S/C22H20FN3O3/c1-14-5-7-17(23)12-19(14)26-10-9-25(21(28)22(26)29)13-20(27)24-18-8-6-15-3-2-4-16(15)11-18/h5-12H,2-4,13H2,1H3,(H,24,27). The van der Waals surface area contributed by atoms with E-state index in [-0.39, 0.29) is 6.54 Å². The average molecular weight is 393 g/mol. The van der Waals surface area contributed by atoms with Crippen LogP contribution in [0.3, 0.4) is 0 Å². The van der Waals surface area contributed by atoms with Crippen molar-refractivity contribution in [1.82, 2.24) is 9.13 Å². The van der Waals surface area contributed by atoms with Gasteiger partial charge in [0, 0.05) is 18.1 Å². The molecule has 1 amide bonds. The van der Waals surface area contributed by atoms with Gasteiger partial charge in [0.05, 0.1) is 5.69 Å². The molecular weight excluding hydrogens is 373 g/mol. The number of anilines is 1. The second kappa shape index (κ2) is 7.50. The maximum absolute atomic E-state index is 13.6. The average Bonchev–Trinajstić information content (AvgIpc) is 3.15. The Balaban J connectivity index is 1.56. The van der Waals surface area contributed by atoms with Crippen LogP contribution in [0.5, 0.6) is 0 Å². The number of nitrogens with zero attached hydrogens (tertiary/aromatic N) is 2. The monoisotopic (exact) mass is 393 g/mol. The van der Waals surface area contributed by atoms with Crippen LogP contribution in [0.4, 0.5) is 10.1 Å². The lowest BCUT2D eigenvalue weighted by Gasteiger charge is -2.12. The summed E-state index contributed by atoms with van der Waals surface area (Å²) in [6.07, 6.45) is 5.89. The highest BCUT2D eigenvalue weighted by atomic mass is 19.1. The molecule has 0 bridgehead atoms. The Morgan fingerprint density at radius 2 is 1.83 bits per heavy atom. The maximum atomic E-state index is 13.6. The van der Waals surface area contributed by atoms with Gasteiger partial charge in [-0.2, -0.15) is 0 Å². The second-order valence-electron chi connectivity index (χ2n) is 7.22. The van der Waals surface area contributed by atoms with E-state index in [1.807, 2.05) is 18.2 Å². The summed E-state index contributed by atoms with van der Waals surface area (Å²) in [7, 11) is 0. The van der Waals surface area contributed by atoms with Crippen molar-refractivity contribution in [2.24, 2.45) is 0 Å². The van der Waals surface area contributed by atoms with Crippen LogP contribution < -0.4 is 16.4 Å². The highest BCUT2D eigenvalue weighted by Gasteiger charge is 2.14. The molecule has 1 aliphatic carbocycles. The van der Waals surface area contributed by atoms with Crippen molar-refractivity contribution in [1.29, 1.82) is 0 Å². The summed E-state index contributed by atoms with van der Waals surface area (Å²) in [5, 5.41) is 2.77. The van der Waals surface area contributed by atoms with E-state index in [2.05, 4.69) is 5.32 Å². The Morgan fingerprint density at radius 1 is 1.03 bits per heavy atom. The van der Waals surface area contributed by atoms with Crippen molar-refractivity contribution in [3.8, 4) is 5.69 Å². The van der Waals surface area contributed by atoms with Gasteiger partial charge in [0.25, 0.3) is 0 Å². The lowest BCUT2D eigenvalue weighted by molar-refractivity contribution is -0.116. The van der Waals surface area contributed by atoms with Gasteiger partial charge in [-0.25, -0.2) is 4.39 Å². The summed E-state index contributed by atoms with van der Waals surface area (Å²) in [5.41, 5.74) is 2.46. The van der Waals surface area contributed by atoms with Gasteiger partial charge < -0.3 is 5.32 Å². The van der Waals surface area contributed by atoms with Crippen molar-refractivity contribution >= 4 is 11.6 Å². The first-order chi connectivity index (χ1) is 13.9. The Kier molecular flexibility index (Phi) is 4.88. The zero-order valence-electron chi connectivity index (χ0n) is 15.9. The third-order valence-corrected chi connectivity index (χ3v) is 5.19. The second-order valence-corrected chi connectivity index (χ2v) is 7.22. The summed E-state index contributed by atoms with van der Waals surface area (Å²) in [6, 6.07) is 9.82. The Labute approximate surface area is 166 Å². The van der Waals surface area contributed by atoms with Crippen molar-refractivity contribution in [3.63, 3.8) is 0 Å². The molecule has 7 heteroatoms. The van der Waals surface area contributed by atoms with E-state index >= 15 is 0 Å². The first-order valence-corrected chi connectivity index (χ1v) is 9.42. The summed E-state index contributed by atoms with van der Waals surface area (Å²) < 4.78 is 15.7. The van der Waals surface area contributed by atoms with Crippen LogP contribution in [-0.4, -0.2) is 15.0 Å². The molecule has 148 valence electrons. The molecule has 0 spiro atoms. The largest absolute Gasteiger partial charge is 0.325 e. The minimum absolute atomic E-state index is 0.284. The van der Waals surface area contributed by atoms with Gasteiger partial charge in [0.1, 0.15) is 12.4 Å². The summed E-state index contributed by atoms with van der Waals surface area (Å²) >= 11 is 0. The van der Waals surface area contributed by atoms with Crippen molar-refractivity contribution in [2.75, 3.05) is 5.32 Å². The third kappa shape index (κ3) is 3.76. The Morgan fingerprint density at radius 3 is 2.66 bits per heavy atom. The minimum Gasteiger partial charge on any atom is -0.325 e. The number of hydrogen-bond donors (Lipinski definition) is 1. The SMILES string of the molecule is Cc1ccc(F)cc1-n1ccn(CC(=O)Nc2ccc3c(c2)CCC3)c(=O)c1=O. The number of nitrogens with one attached hydrogen (secondary N) is 1. The number of aromatic nitrogens is 2. The predicted octanol–water partition coefficient (Wildman–Crippen LogP) is 2.57. The quantitative estimate of drug-likeness (QED) is 0.693. The van der Waals surface area contributed by atoms with E-state index in [1.54, 1.807) is 6.92 Å². The molecule has 0 aliphatic heterocycles. The van der Waals surface area contributed by atoms with Gasteiger partial charge in [0.2, 0.25) is 5.91 Å². The molecule has 6 nitrogen and oxygen atoms in total. The lowest BCUT2D eigenvalue weighted by atomic mass is 10.1. The predicted molar refractivity (Wildman–Crippen MR) is 108 cm³/mol. The van der Waals surface area contributed by atoms with Gasteiger partial charge in [-0.15, -0.1) is 0 Å². The molecule has 3 aromatic rings. The molecular formula is C22H20FN3O3. The van der Waals surface area contributed by atoms with E-state index in [4.69, 9.17) is 0 Å². The number of hydrogen-bond acceptors (Lipinski definition) is 3. The third-order valence-electron chi connectivity index (χ3n) is 5.19. The van der Waals surface area contributed by atoms with Crippen molar-refractivity contribution in [3.05, 3.63) is 92.0 Å². The number of carbonyl (C=O) groups excluding carboxylic acids is 1. The van der Waals surface area contributed by atoms with Crippen molar-refractivity contribution in [2.45, 2.75) is 32.7 Å². The lowest BCUT2D eigenvalue weighted by Crippen LogP contribution is -2.41. The number of aryl methyl sites for hydroxylation is 3. The molecule has 1 N–H and O–H groups in total.